The molecule has 0 N–H and O–H groups in total. The minimum atomic E-state index is 0.439. The number of halogens is 1. The van der Waals surface area contributed by atoms with Gasteiger partial charge in [0.1, 0.15) is 5.82 Å². The van der Waals surface area contributed by atoms with Crippen LogP contribution < -0.4 is 4.90 Å². The zero-order valence-corrected chi connectivity index (χ0v) is 12.1. The number of pyridine rings is 2. The van der Waals surface area contributed by atoms with Gasteiger partial charge in [-0.25, -0.2) is 4.98 Å². The Hall–Kier alpha value is -1.61. The van der Waals surface area contributed by atoms with Crippen molar-refractivity contribution in [2.45, 2.75) is 26.3 Å². The van der Waals surface area contributed by atoms with E-state index in [1.54, 1.807) is 0 Å². The van der Waals surface area contributed by atoms with Crippen LogP contribution in [0.4, 0.5) is 5.82 Å². The fourth-order valence-corrected chi connectivity index (χ4v) is 2.10. The second-order valence-corrected chi connectivity index (χ2v) is 4.67. The molecule has 0 unspecified atom stereocenters. The SMILES string of the molecule is CCN(Cc1cccc(C)n1)c1cccc(CCl)n1. The van der Waals surface area contributed by atoms with E-state index in [2.05, 4.69) is 21.8 Å². The van der Waals surface area contributed by atoms with E-state index in [9.17, 15) is 0 Å². The van der Waals surface area contributed by atoms with Gasteiger partial charge < -0.3 is 4.90 Å². The lowest BCUT2D eigenvalue weighted by Crippen LogP contribution is -2.24. The van der Waals surface area contributed by atoms with Crippen molar-refractivity contribution in [2.75, 3.05) is 11.4 Å². The molecule has 0 saturated carbocycles. The minimum absolute atomic E-state index is 0.439. The zero-order valence-electron chi connectivity index (χ0n) is 11.3. The number of hydrogen-bond donors (Lipinski definition) is 0. The molecule has 19 heavy (non-hydrogen) atoms. The summed E-state index contributed by atoms with van der Waals surface area (Å²) >= 11 is 5.83. The highest BCUT2D eigenvalue weighted by atomic mass is 35.5. The summed E-state index contributed by atoms with van der Waals surface area (Å²) in [6.45, 7) is 5.77. The van der Waals surface area contributed by atoms with Crippen LogP contribution in [-0.2, 0) is 12.4 Å². The van der Waals surface area contributed by atoms with Crippen LogP contribution in [0.15, 0.2) is 36.4 Å². The minimum Gasteiger partial charge on any atom is -0.351 e. The molecule has 2 rings (SSSR count). The summed E-state index contributed by atoms with van der Waals surface area (Å²) in [7, 11) is 0. The average Bonchev–Trinajstić information content (AvgIpc) is 2.45. The summed E-state index contributed by atoms with van der Waals surface area (Å²) in [4.78, 5) is 11.3. The van der Waals surface area contributed by atoms with E-state index >= 15 is 0 Å². The molecule has 0 radical (unpaired) electrons. The topological polar surface area (TPSA) is 29.0 Å². The Morgan fingerprint density at radius 2 is 1.79 bits per heavy atom. The van der Waals surface area contributed by atoms with Gasteiger partial charge in [0, 0.05) is 12.2 Å². The Bertz CT molecular complexity index is 542. The Balaban J connectivity index is 2.19. The van der Waals surface area contributed by atoms with Gasteiger partial charge in [-0.2, -0.15) is 0 Å². The first kappa shape index (κ1) is 13.8. The summed E-state index contributed by atoms with van der Waals surface area (Å²) in [6, 6.07) is 12.0. The summed E-state index contributed by atoms with van der Waals surface area (Å²) in [5.74, 6) is 1.39. The molecule has 4 heteroatoms. The predicted octanol–water partition coefficient (Wildman–Crippen LogP) is 3.55. The molecule has 2 heterocycles. The van der Waals surface area contributed by atoms with Gasteiger partial charge in [0.2, 0.25) is 0 Å². The van der Waals surface area contributed by atoms with Crippen LogP contribution in [0.5, 0.6) is 0 Å². The monoisotopic (exact) mass is 275 g/mol. The van der Waals surface area contributed by atoms with Crippen LogP contribution in [0.3, 0.4) is 0 Å². The smallest absolute Gasteiger partial charge is 0.129 e. The van der Waals surface area contributed by atoms with E-state index in [0.717, 1.165) is 36.0 Å². The molecule has 0 bridgehead atoms. The molecule has 0 aromatic carbocycles. The maximum absolute atomic E-state index is 5.83. The van der Waals surface area contributed by atoms with Crippen molar-refractivity contribution in [1.29, 1.82) is 0 Å². The number of rotatable bonds is 5. The number of anilines is 1. The maximum Gasteiger partial charge on any atom is 0.129 e. The Kier molecular flexibility index (Phi) is 4.74. The van der Waals surface area contributed by atoms with Gasteiger partial charge in [-0.05, 0) is 38.1 Å². The Morgan fingerprint density at radius 3 is 2.47 bits per heavy atom. The highest BCUT2D eigenvalue weighted by molar-refractivity contribution is 6.16. The van der Waals surface area contributed by atoms with Crippen molar-refractivity contribution in [1.82, 2.24) is 9.97 Å². The molecule has 0 aliphatic carbocycles. The van der Waals surface area contributed by atoms with Gasteiger partial charge in [-0.3, -0.25) is 4.98 Å². The van der Waals surface area contributed by atoms with E-state index in [1.807, 2.05) is 43.3 Å². The van der Waals surface area contributed by atoms with Crippen LogP contribution >= 0.6 is 11.6 Å². The largest absolute Gasteiger partial charge is 0.351 e. The van der Waals surface area contributed by atoms with Crippen molar-refractivity contribution in [2.24, 2.45) is 0 Å². The normalized spacial score (nSPS) is 10.5. The summed E-state index contributed by atoms with van der Waals surface area (Å²) < 4.78 is 0. The third-order valence-electron chi connectivity index (χ3n) is 2.93. The molecule has 2 aromatic heterocycles. The van der Waals surface area contributed by atoms with Crippen LogP contribution in [-0.4, -0.2) is 16.5 Å². The van der Waals surface area contributed by atoms with Gasteiger partial charge in [-0.15, -0.1) is 11.6 Å². The molecule has 0 spiro atoms. The standard InChI is InChI=1S/C15H18ClN3/c1-3-19(11-14-8-4-6-12(2)17-14)15-9-5-7-13(10-16)18-15/h4-9H,3,10-11H2,1-2H3. The molecule has 0 fully saturated rings. The van der Waals surface area contributed by atoms with Gasteiger partial charge in [0.05, 0.1) is 23.8 Å². The summed E-state index contributed by atoms with van der Waals surface area (Å²) in [5.41, 5.74) is 2.99. The first-order chi connectivity index (χ1) is 9.22. The van der Waals surface area contributed by atoms with E-state index in [-0.39, 0.29) is 0 Å². The number of nitrogens with zero attached hydrogens (tertiary/aromatic N) is 3. The molecule has 0 aliphatic heterocycles. The lowest BCUT2D eigenvalue weighted by molar-refractivity contribution is 0.787. The van der Waals surface area contributed by atoms with Crippen LogP contribution in [0, 0.1) is 6.92 Å². The Labute approximate surface area is 119 Å². The van der Waals surface area contributed by atoms with Crippen molar-refractivity contribution < 1.29 is 0 Å². The molecule has 0 amide bonds. The highest BCUT2D eigenvalue weighted by Gasteiger charge is 2.08. The van der Waals surface area contributed by atoms with Crippen LogP contribution in [0.25, 0.3) is 0 Å². The fraction of sp³-hybridized carbons (Fsp3) is 0.333. The molecular weight excluding hydrogens is 258 g/mol. The van der Waals surface area contributed by atoms with E-state index in [0.29, 0.717) is 5.88 Å². The average molecular weight is 276 g/mol. The van der Waals surface area contributed by atoms with Crippen LogP contribution in [0.2, 0.25) is 0 Å². The number of aromatic nitrogens is 2. The quantitative estimate of drug-likeness (QED) is 0.782. The third kappa shape index (κ3) is 3.67. The second kappa shape index (κ2) is 6.53. The third-order valence-corrected chi connectivity index (χ3v) is 3.21. The van der Waals surface area contributed by atoms with Crippen molar-refractivity contribution in [3.8, 4) is 0 Å². The van der Waals surface area contributed by atoms with E-state index in [4.69, 9.17) is 11.6 Å². The zero-order chi connectivity index (χ0) is 13.7. The van der Waals surface area contributed by atoms with Gasteiger partial charge in [0.15, 0.2) is 0 Å². The number of alkyl halides is 1. The molecule has 100 valence electrons. The molecular formula is C15H18ClN3. The number of hydrogen-bond acceptors (Lipinski definition) is 3. The van der Waals surface area contributed by atoms with Crippen molar-refractivity contribution in [3.63, 3.8) is 0 Å². The Morgan fingerprint density at radius 1 is 1.05 bits per heavy atom. The molecule has 3 nitrogen and oxygen atoms in total. The molecule has 2 aromatic rings. The van der Waals surface area contributed by atoms with Gasteiger partial charge >= 0.3 is 0 Å². The fourth-order valence-electron chi connectivity index (χ4n) is 1.96. The lowest BCUT2D eigenvalue weighted by Gasteiger charge is -2.22. The lowest BCUT2D eigenvalue weighted by atomic mass is 10.3. The number of aryl methyl sites for hydroxylation is 1. The summed E-state index contributed by atoms with van der Waals surface area (Å²) in [5, 5.41) is 0. The highest BCUT2D eigenvalue weighted by Crippen LogP contribution is 2.15. The maximum atomic E-state index is 5.83. The summed E-state index contributed by atoms with van der Waals surface area (Å²) in [6.07, 6.45) is 0. The predicted molar refractivity (Wildman–Crippen MR) is 79.5 cm³/mol. The van der Waals surface area contributed by atoms with Gasteiger partial charge in [-0.1, -0.05) is 12.1 Å². The first-order valence-electron chi connectivity index (χ1n) is 6.42. The first-order valence-corrected chi connectivity index (χ1v) is 6.95. The molecule has 0 aliphatic rings. The van der Waals surface area contributed by atoms with Gasteiger partial charge in [0.25, 0.3) is 0 Å². The van der Waals surface area contributed by atoms with E-state index < -0.39 is 0 Å². The van der Waals surface area contributed by atoms with E-state index in [1.165, 1.54) is 0 Å². The van der Waals surface area contributed by atoms with Crippen molar-refractivity contribution >= 4 is 17.4 Å². The van der Waals surface area contributed by atoms with Crippen LogP contribution in [0.1, 0.15) is 24.0 Å². The molecule has 0 atom stereocenters. The van der Waals surface area contributed by atoms with Crippen molar-refractivity contribution in [3.05, 3.63) is 53.5 Å². The molecule has 0 saturated heterocycles. The second-order valence-electron chi connectivity index (χ2n) is 4.41.